The van der Waals surface area contributed by atoms with E-state index in [9.17, 15) is 9.59 Å². The van der Waals surface area contributed by atoms with Crippen LogP contribution in [0.2, 0.25) is 0 Å². The molecule has 1 atom stereocenters. The lowest BCUT2D eigenvalue weighted by Crippen LogP contribution is -2.28. The van der Waals surface area contributed by atoms with Gasteiger partial charge in [0.15, 0.2) is 0 Å². The first-order valence-electron chi connectivity index (χ1n) is 4.79. The Morgan fingerprint density at radius 2 is 2.38 bits per heavy atom. The van der Waals surface area contributed by atoms with Gasteiger partial charge >= 0.3 is 0 Å². The zero-order valence-corrected chi connectivity index (χ0v) is 9.98. The molecule has 0 bridgehead atoms. The van der Waals surface area contributed by atoms with Gasteiger partial charge in [0.1, 0.15) is 0 Å². The summed E-state index contributed by atoms with van der Waals surface area (Å²) in [5.74, 6) is -0.937. The molecule has 2 amide bonds. The van der Waals surface area contributed by atoms with Gasteiger partial charge in [-0.1, -0.05) is 0 Å². The Morgan fingerprint density at radius 1 is 1.62 bits per heavy atom. The molecule has 2 rings (SSSR count). The average Bonchev–Trinajstić information content (AvgIpc) is 2.61. The molecule has 1 aromatic rings. The third-order valence-electron chi connectivity index (χ3n) is 2.57. The van der Waals surface area contributed by atoms with E-state index in [1.807, 2.05) is 0 Å². The average molecular weight is 284 g/mol. The van der Waals surface area contributed by atoms with E-state index < -0.39 is 11.8 Å². The second-order valence-electron chi connectivity index (χ2n) is 3.63. The molecule has 1 unspecified atom stereocenters. The fourth-order valence-electron chi connectivity index (χ4n) is 1.70. The van der Waals surface area contributed by atoms with Crippen LogP contribution >= 0.6 is 15.9 Å². The maximum absolute atomic E-state index is 11.7. The topological polar surface area (TPSA) is 76.3 Å². The highest BCUT2D eigenvalue weighted by Crippen LogP contribution is 2.30. The number of rotatable bonds is 2. The summed E-state index contributed by atoms with van der Waals surface area (Å²) in [5, 5.41) is 0. The van der Waals surface area contributed by atoms with Crippen molar-refractivity contribution < 1.29 is 9.59 Å². The summed E-state index contributed by atoms with van der Waals surface area (Å²) < 4.78 is 0.779. The minimum absolute atomic E-state index is 0.0995. The van der Waals surface area contributed by atoms with Crippen molar-refractivity contribution in [2.75, 3.05) is 11.4 Å². The first-order chi connectivity index (χ1) is 7.59. The Hall–Kier alpha value is -1.43. The van der Waals surface area contributed by atoms with E-state index in [1.54, 1.807) is 18.5 Å². The lowest BCUT2D eigenvalue weighted by molar-refractivity contribution is -0.123. The number of anilines is 1. The molecule has 0 aromatic carbocycles. The number of carbonyl (C=O) groups excluding carboxylic acids is 2. The largest absolute Gasteiger partial charge is 0.369 e. The summed E-state index contributed by atoms with van der Waals surface area (Å²) in [4.78, 5) is 28.2. The van der Waals surface area contributed by atoms with E-state index in [4.69, 9.17) is 5.73 Å². The molecule has 5 nitrogen and oxygen atoms in total. The van der Waals surface area contributed by atoms with Crippen molar-refractivity contribution in [3.63, 3.8) is 0 Å². The van der Waals surface area contributed by atoms with Gasteiger partial charge in [0, 0.05) is 23.6 Å². The third-order valence-corrected chi connectivity index (χ3v) is 3.24. The van der Waals surface area contributed by atoms with E-state index >= 15 is 0 Å². The van der Waals surface area contributed by atoms with Crippen LogP contribution in [0, 0.1) is 5.92 Å². The quantitative estimate of drug-likeness (QED) is 0.867. The van der Waals surface area contributed by atoms with E-state index in [-0.39, 0.29) is 12.3 Å². The Kier molecular flexibility index (Phi) is 2.91. The van der Waals surface area contributed by atoms with Gasteiger partial charge in [-0.2, -0.15) is 0 Å². The predicted octanol–water partition coefficient (Wildman–Crippen LogP) is 0.682. The van der Waals surface area contributed by atoms with Crippen LogP contribution in [0.3, 0.4) is 0 Å². The molecule has 1 fully saturated rings. The van der Waals surface area contributed by atoms with Crippen molar-refractivity contribution in [1.82, 2.24) is 4.98 Å². The Morgan fingerprint density at radius 3 is 2.94 bits per heavy atom. The molecule has 1 saturated heterocycles. The Bertz CT molecular complexity index is 449. The summed E-state index contributed by atoms with van der Waals surface area (Å²) in [5.41, 5.74) is 5.87. The standard InChI is InChI=1S/C10H10BrN3O2/c11-7-1-2-13-4-8(7)14-5-6(10(12)16)3-9(14)15/h1-2,4,6H,3,5H2,(H2,12,16). The summed E-state index contributed by atoms with van der Waals surface area (Å²) in [6.45, 7) is 0.332. The van der Waals surface area contributed by atoms with Crippen LogP contribution in [0.25, 0.3) is 0 Å². The van der Waals surface area contributed by atoms with Gasteiger partial charge in [0.25, 0.3) is 0 Å². The second kappa shape index (κ2) is 4.21. The molecule has 16 heavy (non-hydrogen) atoms. The molecule has 0 spiro atoms. The monoisotopic (exact) mass is 283 g/mol. The van der Waals surface area contributed by atoms with E-state index in [1.165, 1.54) is 4.90 Å². The van der Waals surface area contributed by atoms with Crippen molar-refractivity contribution in [2.45, 2.75) is 6.42 Å². The fraction of sp³-hybridized carbons (Fsp3) is 0.300. The van der Waals surface area contributed by atoms with Gasteiger partial charge in [-0.05, 0) is 22.0 Å². The lowest BCUT2D eigenvalue weighted by Gasteiger charge is -2.16. The highest BCUT2D eigenvalue weighted by molar-refractivity contribution is 9.10. The summed E-state index contributed by atoms with van der Waals surface area (Å²) >= 11 is 3.34. The number of hydrogen-bond acceptors (Lipinski definition) is 3. The number of amides is 2. The van der Waals surface area contributed by atoms with Crippen molar-refractivity contribution in [2.24, 2.45) is 11.7 Å². The molecular formula is C10H10BrN3O2. The molecule has 0 saturated carbocycles. The molecule has 6 heteroatoms. The molecule has 1 aliphatic rings. The van der Waals surface area contributed by atoms with Crippen molar-refractivity contribution >= 4 is 33.4 Å². The van der Waals surface area contributed by atoms with Crippen LogP contribution in [0.4, 0.5) is 5.69 Å². The van der Waals surface area contributed by atoms with Crippen molar-refractivity contribution in [1.29, 1.82) is 0 Å². The Balaban J connectivity index is 2.27. The highest BCUT2D eigenvalue weighted by Gasteiger charge is 2.34. The van der Waals surface area contributed by atoms with Gasteiger partial charge in [-0.15, -0.1) is 0 Å². The minimum atomic E-state index is -0.434. The smallest absolute Gasteiger partial charge is 0.227 e. The summed E-state index contributed by atoms with van der Waals surface area (Å²) in [6, 6.07) is 1.75. The number of nitrogens with zero attached hydrogens (tertiary/aromatic N) is 2. The van der Waals surface area contributed by atoms with E-state index in [0.29, 0.717) is 12.2 Å². The first-order valence-corrected chi connectivity index (χ1v) is 5.58. The van der Waals surface area contributed by atoms with E-state index in [2.05, 4.69) is 20.9 Å². The van der Waals surface area contributed by atoms with Crippen LogP contribution in [-0.2, 0) is 9.59 Å². The summed E-state index contributed by atoms with van der Waals surface area (Å²) in [6.07, 6.45) is 3.39. The van der Waals surface area contributed by atoms with Gasteiger partial charge in [-0.25, -0.2) is 0 Å². The number of hydrogen-bond donors (Lipinski definition) is 1. The fourth-order valence-corrected chi connectivity index (χ4v) is 2.13. The molecule has 1 aliphatic heterocycles. The second-order valence-corrected chi connectivity index (χ2v) is 4.49. The maximum Gasteiger partial charge on any atom is 0.227 e. The lowest BCUT2D eigenvalue weighted by atomic mass is 10.1. The molecule has 0 aliphatic carbocycles. The van der Waals surface area contributed by atoms with Crippen LogP contribution < -0.4 is 10.6 Å². The molecule has 84 valence electrons. The molecule has 2 heterocycles. The molecule has 1 aromatic heterocycles. The van der Waals surface area contributed by atoms with Gasteiger partial charge < -0.3 is 10.6 Å². The van der Waals surface area contributed by atoms with Gasteiger partial charge in [-0.3, -0.25) is 14.6 Å². The molecule has 0 radical (unpaired) electrons. The van der Waals surface area contributed by atoms with Crippen LogP contribution in [0.5, 0.6) is 0 Å². The SMILES string of the molecule is NC(=O)C1CC(=O)N(c2cnccc2Br)C1. The number of carbonyl (C=O) groups is 2. The third kappa shape index (κ3) is 1.92. The number of primary amides is 1. The minimum Gasteiger partial charge on any atom is -0.369 e. The first kappa shape index (κ1) is 11.1. The zero-order valence-electron chi connectivity index (χ0n) is 8.39. The Labute approximate surface area is 101 Å². The summed E-state index contributed by atoms with van der Waals surface area (Å²) in [7, 11) is 0. The zero-order chi connectivity index (χ0) is 11.7. The number of nitrogens with two attached hydrogens (primary N) is 1. The predicted molar refractivity (Wildman–Crippen MR) is 61.6 cm³/mol. The highest BCUT2D eigenvalue weighted by atomic mass is 79.9. The number of pyridine rings is 1. The van der Waals surface area contributed by atoms with Crippen LogP contribution in [0.15, 0.2) is 22.9 Å². The number of aromatic nitrogens is 1. The molecular weight excluding hydrogens is 274 g/mol. The maximum atomic E-state index is 11.7. The molecule has 2 N–H and O–H groups in total. The van der Waals surface area contributed by atoms with E-state index in [0.717, 1.165) is 4.47 Å². The van der Waals surface area contributed by atoms with Crippen molar-refractivity contribution in [3.8, 4) is 0 Å². The van der Waals surface area contributed by atoms with Gasteiger partial charge in [0.2, 0.25) is 11.8 Å². The van der Waals surface area contributed by atoms with Crippen LogP contribution in [0.1, 0.15) is 6.42 Å². The van der Waals surface area contributed by atoms with Crippen LogP contribution in [-0.4, -0.2) is 23.3 Å². The number of halogens is 1. The normalized spacial score (nSPS) is 20.2. The van der Waals surface area contributed by atoms with Crippen molar-refractivity contribution in [3.05, 3.63) is 22.9 Å². The van der Waals surface area contributed by atoms with Gasteiger partial charge in [0.05, 0.1) is 17.8 Å².